The smallest absolute Gasteiger partial charge is 0.242 e. The van der Waals surface area contributed by atoms with Gasteiger partial charge in [0.15, 0.2) is 0 Å². The number of amides is 1. The maximum atomic E-state index is 12.5. The van der Waals surface area contributed by atoms with E-state index in [-0.39, 0.29) is 24.4 Å². The lowest BCUT2D eigenvalue weighted by atomic mass is 9.81. The topological polar surface area (TPSA) is 55.6 Å². The molecule has 0 spiro atoms. The van der Waals surface area contributed by atoms with E-state index in [1.807, 2.05) is 11.8 Å². The van der Waals surface area contributed by atoms with E-state index in [0.717, 1.165) is 45.3 Å². The van der Waals surface area contributed by atoms with Gasteiger partial charge in [-0.05, 0) is 26.2 Å². The molecule has 1 saturated carbocycles. The number of halogens is 1. The first kappa shape index (κ1) is 15.7. The van der Waals surface area contributed by atoms with Crippen LogP contribution in [-0.2, 0) is 9.53 Å². The fourth-order valence-electron chi connectivity index (χ4n) is 2.89. The molecule has 2 fully saturated rings. The minimum absolute atomic E-state index is 0. The molecule has 0 aromatic rings. The van der Waals surface area contributed by atoms with E-state index in [9.17, 15) is 4.79 Å². The van der Waals surface area contributed by atoms with Gasteiger partial charge in [-0.2, -0.15) is 0 Å². The van der Waals surface area contributed by atoms with Gasteiger partial charge in [0.2, 0.25) is 5.91 Å². The maximum Gasteiger partial charge on any atom is 0.242 e. The average Bonchev–Trinajstić information content (AvgIpc) is 2.54. The first-order chi connectivity index (χ1) is 8.12. The molecule has 0 aromatic heterocycles. The average molecular weight is 277 g/mol. The van der Waals surface area contributed by atoms with E-state index in [1.165, 1.54) is 6.42 Å². The van der Waals surface area contributed by atoms with Gasteiger partial charge >= 0.3 is 0 Å². The first-order valence-electron chi connectivity index (χ1n) is 6.82. The molecule has 2 rings (SSSR count). The van der Waals surface area contributed by atoms with Gasteiger partial charge in [0, 0.05) is 19.7 Å². The van der Waals surface area contributed by atoms with Gasteiger partial charge in [-0.3, -0.25) is 4.79 Å². The van der Waals surface area contributed by atoms with Crippen LogP contribution in [0.2, 0.25) is 0 Å². The molecule has 1 amide bonds. The highest BCUT2D eigenvalue weighted by Gasteiger charge is 2.38. The summed E-state index contributed by atoms with van der Waals surface area (Å²) >= 11 is 0. The minimum Gasteiger partial charge on any atom is -0.377 e. The van der Waals surface area contributed by atoms with Crippen LogP contribution in [-0.4, -0.2) is 42.1 Å². The Labute approximate surface area is 116 Å². The third-order valence-corrected chi connectivity index (χ3v) is 3.91. The van der Waals surface area contributed by atoms with E-state index in [0.29, 0.717) is 6.54 Å². The van der Waals surface area contributed by atoms with E-state index >= 15 is 0 Å². The second-order valence-electron chi connectivity index (χ2n) is 5.50. The number of rotatable bonds is 1. The van der Waals surface area contributed by atoms with Gasteiger partial charge in [-0.1, -0.05) is 19.3 Å². The fraction of sp³-hybridized carbons (Fsp3) is 0.923. The highest BCUT2D eigenvalue weighted by atomic mass is 35.5. The predicted octanol–water partition coefficient (Wildman–Crippen LogP) is 1.71. The van der Waals surface area contributed by atoms with Gasteiger partial charge in [0.25, 0.3) is 0 Å². The molecule has 5 heteroatoms. The van der Waals surface area contributed by atoms with Crippen molar-refractivity contribution in [2.24, 2.45) is 5.73 Å². The van der Waals surface area contributed by atoms with Crippen LogP contribution in [0.3, 0.4) is 0 Å². The zero-order valence-corrected chi connectivity index (χ0v) is 12.0. The van der Waals surface area contributed by atoms with Crippen LogP contribution < -0.4 is 5.73 Å². The summed E-state index contributed by atoms with van der Waals surface area (Å²) in [6, 6.07) is 0. The van der Waals surface area contributed by atoms with E-state index in [4.69, 9.17) is 10.5 Å². The van der Waals surface area contributed by atoms with Crippen molar-refractivity contribution >= 4 is 18.3 Å². The summed E-state index contributed by atoms with van der Waals surface area (Å²) in [5.74, 6) is 0.148. The van der Waals surface area contributed by atoms with Gasteiger partial charge in [-0.15, -0.1) is 12.4 Å². The van der Waals surface area contributed by atoms with Crippen molar-refractivity contribution in [2.45, 2.75) is 57.1 Å². The van der Waals surface area contributed by atoms with Crippen LogP contribution in [0.1, 0.15) is 45.4 Å². The van der Waals surface area contributed by atoms with Crippen molar-refractivity contribution in [1.82, 2.24) is 4.90 Å². The molecule has 18 heavy (non-hydrogen) atoms. The molecule has 0 aromatic carbocycles. The van der Waals surface area contributed by atoms with Gasteiger partial charge in [-0.25, -0.2) is 0 Å². The summed E-state index contributed by atoms with van der Waals surface area (Å²) in [5.41, 5.74) is 5.70. The second kappa shape index (κ2) is 6.73. The molecule has 2 N–H and O–H groups in total. The summed E-state index contributed by atoms with van der Waals surface area (Å²) in [5, 5.41) is 0. The number of carbonyl (C=O) groups is 1. The molecule has 1 saturated heterocycles. The maximum absolute atomic E-state index is 12.5. The van der Waals surface area contributed by atoms with Gasteiger partial charge in [0.1, 0.15) is 0 Å². The quantitative estimate of drug-likeness (QED) is 0.793. The Morgan fingerprint density at radius 1 is 1.28 bits per heavy atom. The normalized spacial score (nSPS) is 28.1. The standard InChI is InChI=1S/C13H24N2O2.ClH/c1-11-10-15(8-5-9-17-11)12(16)13(14)6-3-2-4-7-13;/h11H,2-10,14H2,1H3;1H. The summed E-state index contributed by atoms with van der Waals surface area (Å²) in [6.07, 6.45) is 6.13. The lowest BCUT2D eigenvalue weighted by molar-refractivity contribution is -0.139. The third-order valence-electron chi connectivity index (χ3n) is 3.91. The zero-order valence-electron chi connectivity index (χ0n) is 11.2. The van der Waals surface area contributed by atoms with Crippen LogP contribution >= 0.6 is 12.4 Å². The molecule has 2 aliphatic rings. The number of nitrogens with zero attached hydrogens (tertiary/aromatic N) is 1. The van der Waals surface area contributed by atoms with Crippen molar-refractivity contribution in [3.63, 3.8) is 0 Å². The van der Waals surface area contributed by atoms with E-state index in [2.05, 4.69) is 0 Å². The molecule has 4 nitrogen and oxygen atoms in total. The third kappa shape index (κ3) is 3.59. The Morgan fingerprint density at radius 3 is 2.61 bits per heavy atom. The second-order valence-corrected chi connectivity index (χ2v) is 5.50. The minimum atomic E-state index is -0.595. The number of ether oxygens (including phenoxy) is 1. The summed E-state index contributed by atoms with van der Waals surface area (Å²) in [4.78, 5) is 14.4. The molecule has 1 aliphatic carbocycles. The molecule has 106 valence electrons. The van der Waals surface area contributed by atoms with Crippen molar-refractivity contribution in [3.8, 4) is 0 Å². The Bertz CT molecular complexity index is 280. The van der Waals surface area contributed by atoms with Crippen LogP contribution in [0.25, 0.3) is 0 Å². The van der Waals surface area contributed by atoms with Gasteiger partial charge in [0.05, 0.1) is 11.6 Å². The summed E-state index contributed by atoms with van der Waals surface area (Å²) < 4.78 is 5.57. The van der Waals surface area contributed by atoms with Gasteiger partial charge < -0.3 is 15.4 Å². The lowest BCUT2D eigenvalue weighted by Crippen LogP contribution is -2.57. The molecule has 1 heterocycles. The van der Waals surface area contributed by atoms with Crippen molar-refractivity contribution in [2.75, 3.05) is 19.7 Å². The van der Waals surface area contributed by atoms with Crippen LogP contribution in [0.5, 0.6) is 0 Å². The predicted molar refractivity (Wildman–Crippen MR) is 73.9 cm³/mol. The molecule has 1 unspecified atom stereocenters. The Balaban J connectivity index is 0.00000162. The van der Waals surface area contributed by atoms with Crippen molar-refractivity contribution in [3.05, 3.63) is 0 Å². The number of nitrogens with two attached hydrogens (primary N) is 1. The number of hydrogen-bond acceptors (Lipinski definition) is 3. The van der Waals surface area contributed by atoms with E-state index in [1.54, 1.807) is 0 Å². The highest BCUT2D eigenvalue weighted by Crippen LogP contribution is 2.28. The monoisotopic (exact) mass is 276 g/mol. The summed E-state index contributed by atoms with van der Waals surface area (Å²) in [7, 11) is 0. The summed E-state index contributed by atoms with van der Waals surface area (Å²) in [6.45, 7) is 4.26. The highest BCUT2D eigenvalue weighted by molar-refractivity contribution is 5.86. The van der Waals surface area contributed by atoms with E-state index < -0.39 is 5.54 Å². The number of carbonyl (C=O) groups excluding carboxylic acids is 1. The molecule has 1 aliphatic heterocycles. The fourth-order valence-corrected chi connectivity index (χ4v) is 2.89. The molecular weight excluding hydrogens is 252 g/mol. The van der Waals surface area contributed by atoms with Crippen LogP contribution in [0.4, 0.5) is 0 Å². The SMILES string of the molecule is CC1CN(C(=O)C2(N)CCCCC2)CCCO1.Cl. The number of hydrogen-bond donors (Lipinski definition) is 1. The van der Waals surface area contributed by atoms with Crippen LogP contribution in [0, 0.1) is 0 Å². The largest absolute Gasteiger partial charge is 0.377 e. The molecular formula is C13H25ClN2O2. The molecule has 0 bridgehead atoms. The van der Waals surface area contributed by atoms with Crippen molar-refractivity contribution < 1.29 is 9.53 Å². The lowest BCUT2D eigenvalue weighted by Gasteiger charge is -2.36. The Kier molecular flexibility index (Phi) is 5.89. The molecule has 1 atom stereocenters. The zero-order chi connectivity index (χ0) is 12.3. The Morgan fingerprint density at radius 2 is 1.94 bits per heavy atom. The van der Waals surface area contributed by atoms with Crippen LogP contribution in [0.15, 0.2) is 0 Å². The Hall–Kier alpha value is -0.320. The molecule has 0 radical (unpaired) electrons. The first-order valence-corrected chi connectivity index (χ1v) is 6.82. The van der Waals surface area contributed by atoms with Crippen molar-refractivity contribution in [1.29, 1.82) is 0 Å².